The third-order valence-corrected chi connectivity index (χ3v) is 4.88. The lowest BCUT2D eigenvalue weighted by Gasteiger charge is -2.14. The summed E-state index contributed by atoms with van der Waals surface area (Å²) in [5.41, 5.74) is 2.44. The number of nitrogens with zero attached hydrogens (tertiary/aromatic N) is 2. The van der Waals surface area contributed by atoms with Crippen molar-refractivity contribution in [1.29, 1.82) is 0 Å². The zero-order valence-electron chi connectivity index (χ0n) is 14.0. The normalized spacial score (nSPS) is 21.8. The van der Waals surface area contributed by atoms with E-state index in [1.54, 1.807) is 18.3 Å². The fraction of sp³-hybridized carbons (Fsp3) is 0.263. The van der Waals surface area contributed by atoms with Crippen molar-refractivity contribution < 1.29 is 14.4 Å². The number of amides is 3. The predicted molar refractivity (Wildman–Crippen MR) is 94.7 cm³/mol. The quantitative estimate of drug-likeness (QED) is 0.651. The molecule has 26 heavy (non-hydrogen) atoms. The molecule has 2 aromatic rings. The monoisotopic (exact) mass is 350 g/mol. The Hall–Kier alpha value is -3.22. The molecule has 2 atom stereocenters. The zero-order chi connectivity index (χ0) is 18.1. The van der Waals surface area contributed by atoms with Gasteiger partial charge in [0.25, 0.3) is 0 Å². The molecule has 0 unspecified atom stereocenters. The molecule has 2 N–H and O–H groups in total. The maximum atomic E-state index is 12.4. The Labute approximate surface area is 150 Å². The van der Waals surface area contributed by atoms with Gasteiger partial charge in [0.1, 0.15) is 6.54 Å². The fourth-order valence-electron chi connectivity index (χ4n) is 3.52. The molecular formula is C19H18N4O3. The summed E-state index contributed by atoms with van der Waals surface area (Å²) < 4.78 is 0. The van der Waals surface area contributed by atoms with Crippen LogP contribution in [0.5, 0.6) is 0 Å². The molecule has 1 aromatic carbocycles. The van der Waals surface area contributed by atoms with Crippen LogP contribution in [-0.4, -0.2) is 39.4 Å². The number of anilines is 1. The minimum atomic E-state index is -0.382. The standard InChI is InChI=1S/C19H18N4O3/c24-17(11-23-18(25)14-3-1-2-4-15(14)19(23)26)21-13-7-5-12(6-8-13)16-9-10-20-22-16/h1-2,5-10,14-15H,3-4,11H2,(H,20,22)(H,21,24)/t14-,15+. The highest BCUT2D eigenvalue weighted by molar-refractivity contribution is 6.08. The Bertz CT molecular complexity index is 845. The number of benzene rings is 1. The van der Waals surface area contributed by atoms with Gasteiger partial charge in [0.2, 0.25) is 17.7 Å². The number of imide groups is 1. The summed E-state index contributed by atoms with van der Waals surface area (Å²) in [4.78, 5) is 38.2. The molecule has 1 aromatic heterocycles. The van der Waals surface area contributed by atoms with Crippen LogP contribution < -0.4 is 5.32 Å². The summed E-state index contributed by atoms with van der Waals surface area (Å²) in [6.07, 6.45) is 6.67. The topological polar surface area (TPSA) is 95.2 Å². The first kappa shape index (κ1) is 16.3. The maximum absolute atomic E-state index is 12.4. The molecule has 132 valence electrons. The van der Waals surface area contributed by atoms with Crippen molar-refractivity contribution >= 4 is 23.4 Å². The van der Waals surface area contributed by atoms with Crippen LogP contribution in [0.4, 0.5) is 5.69 Å². The van der Waals surface area contributed by atoms with Crippen molar-refractivity contribution in [2.75, 3.05) is 11.9 Å². The highest BCUT2D eigenvalue weighted by Crippen LogP contribution is 2.34. The number of rotatable bonds is 4. The molecule has 7 heteroatoms. The lowest BCUT2D eigenvalue weighted by Crippen LogP contribution is -2.38. The van der Waals surface area contributed by atoms with Crippen molar-refractivity contribution in [3.05, 3.63) is 48.7 Å². The van der Waals surface area contributed by atoms with Crippen molar-refractivity contribution in [3.8, 4) is 11.3 Å². The van der Waals surface area contributed by atoms with Gasteiger partial charge in [-0.05, 0) is 36.6 Å². The second-order valence-electron chi connectivity index (χ2n) is 6.51. The van der Waals surface area contributed by atoms with E-state index in [9.17, 15) is 14.4 Å². The zero-order valence-corrected chi connectivity index (χ0v) is 14.0. The molecule has 7 nitrogen and oxygen atoms in total. The number of hydrogen-bond donors (Lipinski definition) is 2. The van der Waals surface area contributed by atoms with Crippen LogP contribution in [0, 0.1) is 11.8 Å². The van der Waals surface area contributed by atoms with Gasteiger partial charge in [-0.15, -0.1) is 0 Å². The van der Waals surface area contributed by atoms with Crippen molar-refractivity contribution in [2.24, 2.45) is 11.8 Å². The Morgan fingerprint density at radius 1 is 1.08 bits per heavy atom. The molecule has 2 aliphatic rings. The second-order valence-corrected chi connectivity index (χ2v) is 6.51. The van der Waals surface area contributed by atoms with Gasteiger partial charge >= 0.3 is 0 Å². The largest absolute Gasteiger partial charge is 0.325 e. The van der Waals surface area contributed by atoms with Gasteiger partial charge in [-0.25, -0.2) is 0 Å². The summed E-state index contributed by atoms with van der Waals surface area (Å²) in [5, 5.41) is 9.51. The number of aromatic nitrogens is 2. The minimum absolute atomic E-state index is 0.242. The van der Waals surface area contributed by atoms with Gasteiger partial charge in [-0.3, -0.25) is 24.4 Å². The lowest BCUT2D eigenvalue weighted by molar-refractivity contribution is -0.142. The molecule has 1 saturated heterocycles. The van der Waals surface area contributed by atoms with Gasteiger partial charge < -0.3 is 5.32 Å². The summed E-state index contributed by atoms with van der Waals surface area (Å²) in [6, 6.07) is 9.11. The Morgan fingerprint density at radius 2 is 1.73 bits per heavy atom. The van der Waals surface area contributed by atoms with E-state index in [1.807, 2.05) is 30.4 Å². The van der Waals surface area contributed by atoms with E-state index in [0.717, 1.165) is 16.2 Å². The molecule has 3 amide bonds. The highest BCUT2D eigenvalue weighted by atomic mass is 16.2. The number of aromatic amines is 1. The minimum Gasteiger partial charge on any atom is -0.325 e. The summed E-state index contributed by atoms with van der Waals surface area (Å²) in [5.74, 6) is -1.49. The fourth-order valence-corrected chi connectivity index (χ4v) is 3.52. The molecule has 0 spiro atoms. The van der Waals surface area contributed by atoms with Gasteiger partial charge in [-0.1, -0.05) is 24.3 Å². The number of H-pyrrole nitrogens is 1. The summed E-state index contributed by atoms with van der Waals surface area (Å²) >= 11 is 0. The first-order valence-corrected chi connectivity index (χ1v) is 8.53. The van der Waals surface area contributed by atoms with Gasteiger partial charge in [0, 0.05) is 11.9 Å². The second kappa shape index (κ2) is 6.59. The molecule has 1 fully saturated rings. The van der Waals surface area contributed by atoms with Gasteiger partial charge in [0.15, 0.2) is 0 Å². The van der Waals surface area contributed by atoms with Crippen molar-refractivity contribution in [2.45, 2.75) is 12.8 Å². The van der Waals surface area contributed by atoms with Crippen molar-refractivity contribution in [1.82, 2.24) is 15.1 Å². The smallest absolute Gasteiger partial charge is 0.244 e. The first-order valence-electron chi connectivity index (χ1n) is 8.53. The molecule has 1 aliphatic carbocycles. The SMILES string of the molecule is O=C(CN1C(=O)[C@H]2CC=CC[C@H]2C1=O)Nc1ccc(-c2ccn[nH]2)cc1. The number of fused-ring (bicyclic) bond motifs is 1. The van der Waals surface area contributed by atoms with E-state index in [0.29, 0.717) is 18.5 Å². The van der Waals surface area contributed by atoms with Gasteiger partial charge in [-0.2, -0.15) is 5.10 Å². The average Bonchev–Trinajstić information content (AvgIpc) is 3.27. The van der Waals surface area contributed by atoms with Crippen LogP contribution in [0.3, 0.4) is 0 Å². The number of likely N-dealkylation sites (tertiary alicyclic amines) is 1. The van der Waals surface area contributed by atoms with E-state index in [2.05, 4.69) is 15.5 Å². The van der Waals surface area contributed by atoms with E-state index < -0.39 is 0 Å². The highest BCUT2D eigenvalue weighted by Gasteiger charge is 2.47. The molecule has 0 saturated carbocycles. The van der Waals surface area contributed by atoms with E-state index in [4.69, 9.17) is 0 Å². The average molecular weight is 350 g/mol. The van der Waals surface area contributed by atoms with Crippen LogP contribution >= 0.6 is 0 Å². The van der Waals surface area contributed by atoms with Crippen LogP contribution in [0.1, 0.15) is 12.8 Å². The predicted octanol–water partition coefficient (Wildman–Crippen LogP) is 1.97. The number of carbonyl (C=O) groups is 3. The maximum Gasteiger partial charge on any atom is 0.244 e. The third kappa shape index (κ3) is 2.92. The van der Waals surface area contributed by atoms with Gasteiger partial charge in [0.05, 0.1) is 17.5 Å². The van der Waals surface area contributed by atoms with Crippen LogP contribution in [0.2, 0.25) is 0 Å². The van der Waals surface area contributed by atoms with E-state index in [1.165, 1.54) is 0 Å². The molecule has 4 rings (SSSR count). The third-order valence-electron chi connectivity index (χ3n) is 4.88. The van der Waals surface area contributed by atoms with Crippen LogP contribution in [-0.2, 0) is 14.4 Å². The molecular weight excluding hydrogens is 332 g/mol. The van der Waals surface area contributed by atoms with E-state index in [-0.39, 0.29) is 36.1 Å². The molecule has 0 bridgehead atoms. The number of nitrogens with one attached hydrogen (secondary N) is 2. The van der Waals surface area contributed by atoms with Crippen molar-refractivity contribution in [3.63, 3.8) is 0 Å². The number of hydrogen-bond acceptors (Lipinski definition) is 4. The summed E-state index contributed by atoms with van der Waals surface area (Å²) in [7, 11) is 0. The number of carbonyl (C=O) groups excluding carboxylic acids is 3. The first-order chi connectivity index (χ1) is 12.6. The Morgan fingerprint density at radius 3 is 2.31 bits per heavy atom. The van der Waals surface area contributed by atoms with Crippen LogP contribution in [0.25, 0.3) is 11.3 Å². The summed E-state index contributed by atoms with van der Waals surface area (Å²) in [6.45, 7) is -0.243. The Kier molecular flexibility index (Phi) is 4.12. The molecule has 0 radical (unpaired) electrons. The molecule has 1 aliphatic heterocycles. The Balaban J connectivity index is 1.40. The van der Waals surface area contributed by atoms with Crippen LogP contribution in [0.15, 0.2) is 48.7 Å². The van der Waals surface area contributed by atoms with E-state index >= 15 is 0 Å². The lowest BCUT2D eigenvalue weighted by atomic mass is 9.85. The number of allylic oxidation sites excluding steroid dienone is 2. The molecule has 2 heterocycles.